The van der Waals surface area contributed by atoms with Crippen LogP contribution in [0.5, 0.6) is 23.0 Å². The van der Waals surface area contributed by atoms with Crippen molar-refractivity contribution >= 4 is 11.0 Å². The number of aromatic hydroxyl groups is 2. The van der Waals surface area contributed by atoms with Crippen LogP contribution in [0.3, 0.4) is 0 Å². The Kier molecular flexibility index (Phi) is 8.80. The molecule has 2 aliphatic heterocycles. The fraction of sp³-hybridized carbons (Fsp3) is 0.464. The molecule has 2 fully saturated rings. The highest BCUT2D eigenvalue weighted by Gasteiger charge is 2.47. The van der Waals surface area contributed by atoms with Crippen LogP contribution in [-0.4, -0.2) is 116 Å². The third-order valence-electron chi connectivity index (χ3n) is 7.40. The largest absolute Gasteiger partial charge is 0.507 e. The van der Waals surface area contributed by atoms with Gasteiger partial charge in [-0.05, 0) is 25.1 Å². The zero-order valence-electron chi connectivity index (χ0n) is 22.9. The minimum atomic E-state index is -1.78. The van der Waals surface area contributed by atoms with Gasteiger partial charge in [-0.1, -0.05) is 0 Å². The number of methoxy groups -OCH3 is 1. The minimum absolute atomic E-state index is 0.0517. The molecule has 10 atom stereocenters. The monoisotopic (exact) mass is 608 g/mol. The summed E-state index contributed by atoms with van der Waals surface area (Å²) >= 11 is 0. The van der Waals surface area contributed by atoms with Gasteiger partial charge in [-0.25, -0.2) is 0 Å². The van der Waals surface area contributed by atoms with Gasteiger partial charge in [-0.2, -0.15) is 0 Å². The third-order valence-corrected chi connectivity index (χ3v) is 7.40. The first kappa shape index (κ1) is 30.9. The molecule has 0 unspecified atom stereocenters. The van der Waals surface area contributed by atoms with E-state index in [1.165, 1.54) is 32.2 Å². The number of fused-ring (bicyclic) bond motifs is 1. The number of hydrogen-bond acceptors (Lipinski definition) is 15. The number of aliphatic hydroxyl groups is 6. The van der Waals surface area contributed by atoms with Crippen LogP contribution in [0.1, 0.15) is 6.92 Å². The zero-order valence-corrected chi connectivity index (χ0v) is 22.9. The Morgan fingerprint density at radius 2 is 1.49 bits per heavy atom. The van der Waals surface area contributed by atoms with E-state index >= 15 is 0 Å². The van der Waals surface area contributed by atoms with E-state index in [4.69, 9.17) is 28.1 Å². The van der Waals surface area contributed by atoms with E-state index in [0.717, 1.165) is 12.1 Å². The quantitative estimate of drug-likeness (QED) is 0.159. The molecule has 5 rings (SSSR count). The van der Waals surface area contributed by atoms with Gasteiger partial charge in [0, 0.05) is 23.8 Å². The third kappa shape index (κ3) is 5.99. The van der Waals surface area contributed by atoms with Crippen LogP contribution >= 0.6 is 0 Å². The predicted octanol–water partition coefficient (Wildman–Crippen LogP) is -1.09. The second-order valence-electron chi connectivity index (χ2n) is 10.3. The molecular formula is C28H32O15. The van der Waals surface area contributed by atoms with Crippen LogP contribution in [0.15, 0.2) is 45.6 Å². The first-order valence-electron chi connectivity index (χ1n) is 13.3. The smallest absolute Gasteiger partial charge is 0.229 e. The molecule has 0 bridgehead atoms. The van der Waals surface area contributed by atoms with Crippen molar-refractivity contribution in [3.8, 4) is 34.3 Å². The predicted molar refractivity (Wildman–Crippen MR) is 143 cm³/mol. The van der Waals surface area contributed by atoms with Crippen molar-refractivity contribution in [3.63, 3.8) is 0 Å². The van der Waals surface area contributed by atoms with Gasteiger partial charge in [0.2, 0.25) is 6.29 Å². The summed E-state index contributed by atoms with van der Waals surface area (Å²) in [7, 11) is 1.38. The van der Waals surface area contributed by atoms with Crippen molar-refractivity contribution < 1.29 is 69.0 Å². The highest BCUT2D eigenvalue weighted by atomic mass is 16.7. The number of phenols is 2. The summed E-state index contributed by atoms with van der Waals surface area (Å²) in [6.07, 6.45) is -15.0. The van der Waals surface area contributed by atoms with Gasteiger partial charge in [0.1, 0.15) is 71.0 Å². The van der Waals surface area contributed by atoms with Crippen LogP contribution in [0.4, 0.5) is 0 Å². The number of ether oxygens (including phenoxy) is 5. The van der Waals surface area contributed by atoms with Gasteiger partial charge in [-0.15, -0.1) is 0 Å². The van der Waals surface area contributed by atoms with E-state index in [9.17, 15) is 45.6 Å². The fourth-order valence-corrected chi connectivity index (χ4v) is 4.92. The molecule has 8 N–H and O–H groups in total. The maximum Gasteiger partial charge on any atom is 0.229 e. The summed E-state index contributed by atoms with van der Waals surface area (Å²) in [6, 6.07) is 7.78. The minimum Gasteiger partial charge on any atom is -0.507 e. The van der Waals surface area contributed by atoms with Crippen molar-refractivity contribution in [3.05, 3.63) is 46.6 Å². The Morgan fingerprint density at radius 1 is 0.791 bits per heavy atom. The van der Waals surface area contributed by atoms with E-state index < -0.39 is 79.2 Å². The highest BCUT2D eigenvalue weighted by Crippen LogP contribution is 2.35. The Labute approximate surface area is 243 Å². The maximum absolute atomic E-state index is 12.8. The molecule has 0 aliphatic carbocycles. The summed E-state index contributed by atoms with van der Waals surface area (Å²) in [4.78, 5) is 12.8. The second-order valence-corrected chi connectivity index (χ2v) is 10.3. The van der Waals surface area contributed by atoms with E-state index in [-0.39, 0.29) is 34.0 Å². The summed E-state index contributed by atoms with van der Waals surface area (Å²) in [5.74, 6) is -0.605. The molecule has 2 aliphatic rings. The molecule has 15 nitrogen and oxygen atoms in total. The maximum atomic E-state index is 12.8. The van der Waals surface area contributed by atoms with Crippen LogP contribution in [0, 0.1) is 0 Å². The van der Waals surface area contributed by atoms with Gasteiger partial charge in [0.25, 0.3) is 0 Å². The van der Waals surface area contributed by atoms with Gasteiger partial charge < -0.3 is 69.0 Å². The SMILES string of the molecule is COc1ccc(-c2cc(=O)c3c(O)cc(O[C@H]4O[C@@H](CO[C@@H]5O[C@H](C)[C@@H](O)[C@H](O)[C@@H]5O)[C@H](O)[C@@H](O)[C@@H]4O)cc3o2)cc1O. The number of benzene rings is 2. The topological polar surface area (TPSA) is 238 Å². The second kappa shape index (κ2) is 12.2. The molecule has 0 radical (unpaired) electrons. The van der Waals surface area contributed by atoms with E-state index in [1.54, 1.807) is 6.07 Å². The van der Waals surface area contributed by atoms with Crippen molar-refractivity contribution in [1.82, 2.24) is 0 Å². The highest BCUT2D eigenvalue weighted by molar-refractivity contribution is 5.86. The molecule has 3 heterocycles. The lowest BCUT2D eigenvalue weighted by Gasteiger charge is -2.42. The lowest BCUT2D eigenvalue weighted by molar-refractivity contribution is -0.318. The Bertz CT molecular complexity index is 1510. The van der Waals surface area contributed by atoms with Gasteiger partial charge in [0.15, 0.2) is 23.2 Å². The molecule has 2 aromatic carbocycles. The molecule has 15 heteroatoms. The van der Waals surface area contributed by atoms with Crippen LogP contribution in [-0.2, 0) is 14.2 Å². The normalized spacial score (nSPS) is 32.9. The van der Waals surface area contributed by atoms with Crippen molar-refractivity contribution in [2.24, 2.45) is 0 Å². The molecule has 234 valence electrons. The standard InChI is InChI=1S/C28H32O15/c1-10-21(32)23(34)25(36)27(40-10)39-9-19-22(33)24(35)26(37)28(43-19)41-12-6-14(30)20-15(31)8-17(42-18(20)7-12)11-3-4-16(38-2)13(29)5-11/h3-8,10,19,21-30,32-37H,9H2,1-2H3/t10-,19+,21-,22+,23+,24-,25+,26+,27-,28+/m1/s1. The van der Waals surface area contributed by atoms with Crippen molar-refractivity contribution in [2.45, 2.75) is 68.3 Å². The molecule has 2 saturated heterocycles. The first-order chi connectivity index (χ1) is 20.4. The molecule has 3 aromatic rings. The number of aliphatic hydroxyl groups excluding tert-OH is 6. The fourth-order valence-electron chi connectivity index (χ4n) is 4.92. The summed E-state index contributed by atoms with van der Waals surface area (Å²) in [5, 5.41) is 82.0. The van der Waals surface area contributed by atoms with Gasteiger partial charge in [0.05, 0.1) is 19.8 Å². The average Bonchev–Trinajstić information content (AvgIpc) is 2.97. The molecular weight excluding hydrogens is 576 g/mol. The first-order valence-corrected chi connectivity index (χ1v) is 13.3. The van der Waals surface area contributed by atoms with E-state index in [2.05, 4.69) is 0 Å². The number of phenolic OH excluding ortho intramolecular Hbond substituents is 2. The number of hydrogen-bond donors (Lipinski definition) is 8. The Hall–Kier alpha value is -3.51. The zero-order chi connectivity index (χ0) is 31.2. The van der Waals surface area contributed by atoms with Gasteiger partial charge >= 0.3 is 0 Å². The Balaban J connectivity index is 1.36. The van der Waals surface area contributed by atoms with Crippen LogP contribution in [0.2, 0.25) is 0 Å². The Morgan fingerprint density at radius 3 is 2.19 bits per heavy atom. The lowest BCUT2D eigenvalue weighted by atomic mass is 9.98. The van der Waals surface area contributed by atoms with Crippen LogP contribution in [0.25, 0.3) is 22.3 Å². The van der Waals surface area contributed by atoms with E-state index in [1.807, 2.05) is 0 Å². The van der Waals surface area contributed by atoms with Crippen molar-refractivity contribution in [1.29, 1.82) is 0 Å². The summed E-state index contributed by atoms with van der Waals surface area (Å²) in [5.41, 5.74) is -0.381. The summed E-state index contributed by atoms with van der Waals surface area (Å²) < 4.78 is 32.9. The van der Waals surface area contributed by atoms with Gasteiger partial charge in [-0.3, -0.25) is 4.79 Å². The van der Waals surface area contributed by atoms with Crippen LogP contribution < -0.4 is 14.9 Å². The summed E-state index contributed by atoms with van der Waals surface area (Å²) in [6.45, 7) is 0.953. The lowest BCUT2D eigenvalue weighted by Crippen LogP contribution is -2.61. The van der Waals surface area contributed by atoms with E-state index in [0.29, 0.717) is 5.56 Å². The molecule has 0 saturated carbocycles. The molecule has 0 amide bonds. The van der Waals surface area contributed by atoms with Crippen molar-refractivity contribution in [2.75, 3.05) is 13.7 Å². The average molecular weight is 609 g/mol. The molecule has 1 aromatic heterocycles. The molecule has 43 heavy (non-hydrogen) atoms. The number of rotatable bonds is 7. The molecule has 0 spiro atoms.